The molecule has 1 aliphatic rings. The molecule has 0 saturated heterocycles. The van der Waals surface area contributed by atoms with Crippen LogP contribution in [0.1, 0.15) is 32.6 Å². The van der Waals surface area contributed by atoms with Crippen LogP contribution in [0.2, 0.25) is 0 Å². The van der Waals surface area contributed by atoms with Gasteiger partial charge in [-0.05, 0) is 46.2 Å². The summed E-state index contributed by atoms with van der Waals surface area (Å²) in [6.45, 7) is 4.03. The molecule has 1 fully saturated rings. The summed E-state index contributed by atoms with van der Waals surface area (Å²) in [4.78, 5) is 2.35. The molecule has 0 spiro atoms. The van der Waals surface area contributed by atoms with Crippen LogP contribution in [0, 0.1) is 5.92 Å². The van der Waals surface area contributed by atoms with E-state index in [1.165, 1.54) is 19.3 Å². The van der Waals surface area contributed by atoms with Crippen molar-refractivity contribution in [1.29, 1.82) is 0 Å². The average molecular weight is 214 g/mol. The highest BCUT2D eigenvalue weighted by molar-refractivity contribution is 4.83. The van der Waals surface area contributed by atoms with Crippen LogP contribution in [0.25, 0.3) is 0 Å². The fourth-order valence-corrected chi connectivity index (χ4v) is 2.53. The van der Waals surface area contributed by atoms with Gasteiger partial charge in [0.15, 0.2) is 0 Å². The van der Waals surface area contributed by atoms with E-state index in [-0.39, 0.29) is 6.10 Å². The summed E-state index contributed by atoms with van der Waals surface area (Å²) < 4.78 is 0. The summed E-state index contributed by atoms with van der Waals surface area (Å²) in [5.41, 5.74) is 0. The Kier molecular flexibility index (Phi) is 5.58. The highest BCUT2D eigenvalue weighted by Gasteiger charge is 2.26. The Morgan fingerprint density at radius 1 is 1.47 bits per heavy atom. The van der Waals surface area contributed by atoms with Crippen LogP contribution in [0.5, 0.6) is 0 Å². The van der Waals surface area contributed by atoms with Crippen molar-refractivity contribution in [1.82, 2.24) is 10.2 Å². The zero-order valence-electron chi connectivity index (χ0n) is 10.4. The van der Waals surface area contributed by atoms with Gasteiger partial charge in [-0.15, -0.1) is 0 Å². The first-order valence-electron chi connectivity index (χ1n) is 6.17. The maximum absolute atomic E-state index is 9.22. The Hall–Kier alpha value is -0.120. The lowest BCUT2D eigenvalue weighted by Gasteiger charge is -2.25. The number of aliphatic hydroxyl groups is 1. The van der Waals surface area contributed by atoms with Gasteiger partial charge in [-0.25, -0.2) is 0 Å². The predicted molar refractivity (Wildman–Crippen MR) is 64.0 cm³/mol. The van der Waals surface area contributed by atoms with Crippen molar-refractivity contribution in [3.8, 4) is 0 Å². The molecule has 90 valence electrons. The van der Waals surface area contributed by atoms with Crippen LogP contribution in [0.4, 0.5) is 0 Å². The quantitative estimate of drug-likeness (QED) is 0.694. The molecule has 0 amide bonds. The zero-order valence-corrected chi connectivity index (χ0v) is 10.4. The third-order valence-electron chi connectivity index (χ3n) is 3.50. The molecule has 1 aliphatic carbocycles. The second-order valence-electron chi connectivity index (χ2n) is 4.99. The van der Waals surface area contributed by atoms with Crippen LogP contribution < -0.4 is 5.32 Å². The largest absolute Gasteiger partial charge is 0.393 e. The summed E-state index contributed by atoms with van der Waals surface area (Å²) >= 11 is 0. The average Bonchev–Trinajstić information content (AvgIpc) is 2.62. The molecule has 3 nitrogen and oxygen atoms in total. The van der Waals surface area contributed by atoms with Crippen molar-refractivity contribution < 1.29 is 5.11 Å². The predicted octanol–water partition coefficient (Wildman–Crippen LogP) is 1.08. The molecule has 0 aliphatic heterocycles. The number of hydrogen-bond donors (Lipinski definition) is 2. The molecule has 0 aromatic rings. The number of nitrogens with zero attached hydrogens (tertiary/aromatic N) is 1. The van der Waals surface area contributed by atoms with Gasteiger partial charge in [0, 0.05) is 19.1 Å². The van der Waals surface area contributed by atoms with E-state index in [2.05, 4.69) is 24.3 Å². The van der Waals surface area contributed by atoms with Gasteiger partial charge in [-0.2, -0.15) is 0 Å². The van der Waals surface area contributed by atoms with E-state index in [4.69, 9.17) is 0 Å². The molecule has 1 saturated carbocycles. The van der Waals surface area contributed by atoms with E-state index >= 15 is 0 Å². The first-order chi connectivity index (χ1) is 7.13. The molecule has 3 heteroatoms. The van der Waals surface area contributed by atoms with Crippen molar-refractivity contribution in [3.63, 3.8) is 0 Å². The number of hydrogen-bond acceptors (Lipinski definition) is 3. The normalized spacial score (nSPS) is 28.6. The molecule has 0 radical (unpaired) electrons. The monoisotopic (exact) mass is 214 g/mol. The van der Waals surface area contributed by atoms with Crippen LogP contribution >= 0.6 is 0 Å². The summed E-state index contributed by atoms with van der Waals surface area (Å²) in [5.74, 6) is 0.800. The Morgan fingerprint density at radius 3 is 2.80 bits per heavy atom. The number of rotatable bonds is 6. The second kappa shape index (κ2) is 6.46. The van der Waals surface area contributed by atoms with Gasteiger partial charge in [0.2, 0.25) is 0 Å². The summed E-state index contributed by atoms with van der Waals surface area (Å²) in [6, 6.07) is 0.707. The molecule has 1 rings (SSSR count). The van der Waals surface area contributed by atoms with Crippen molar-refractivity contribution in [2.24, 2.45) is 5.92 Å². The second-order valence-corrected chi connectivity index (χ2v) is 4.99. The highest BCUT2D eigenvalue weighted by Crippen LogP contribution is 2.25. The van der Waals surface area contributed by atoms with Gasteiger partial charge in [0.05, 0.1) is 6.10 Å². The van der Waals surface area contributed by atoms with Gasteiger partial charge in [0.1, 0.15) is 0 Å². The Labute approximate surface area is 93.9 Å². The molecule has 0 aromatic heterocycles. The Balaban J connectivity index is 2.21. The molecule has 0 aromatic carbocycles. The summed E-state index contributed by atoms with van der Waals surface area (Å²) in [5, 5.41) is 12.6. The van der Waals surface area contributed by atoms with E-state index in [1.807, 2.05) is 6.92 Å². The minimum atomic E-state index is -0.170. The topological polar surface area (TPSA) is 35.5 Å². The molecule has 3 unspecified atom stereocenters. The van der Waals surface area contributed by atoms with Crippen molar-refractivity contribution in [2.45, 2.75) is 44.8 Å². The van der Waals surface area contributed by atoms with Gasteiger partial charge >= 0.3 is 0 Å². The molecule has 0 bridgehead atoms. The van der Waals surface area contributed by atoms with Gasteiger partial charge in [-0.1, -0.05) is 6.42 Å². The van der Waals surface area contributed by atoms with Crippen molar-refractivity contribution >= 4 is 0 Å². The van der Waals surface area contributed by atoms with E-state index < -0.39 is 0 Å². The smallest absolute Gasteiger partial charge is 0.0524 e. The minimum Gasteiger partial charge on any atom is -0.393 e. The summed E-state index contributed by atoms with van der Waals surface area (Å²) in [6.07, 6.45) is 4.75. The highest BCUT2D eigenvalue weighted by atomic mass is 16.3. The van der Waals surface area contributed by atoms with E-state index in [0.29, 0.717) is 6.04 Å². The molecule has 3 atom stereocenters. The lowest BCUT2D eigenvalue weighted by Crippen LogP contribution is -2.37. The zero-order chi connectivity index (χ0) is 11.3. The molecular formula is C12H26N2O. The van der Waals surface area contributed by atoms with E-state index in [9.17, 15) is 5.11 Å². The standard InChI is InChI=1S/C12H26N2O/c1-10(15)7-8-14(3)9-11-5-4-6-12(11)13-2/h10-13,15H,4-9H2,1-3H3. The molecule has 2 N–H and O–H groups in total. The van der Waals surface area contributed by atoms with Crippen LogP contribution in [-0.4, -0.2) is 49.3 Å². The Bertz CT molecular complexity index is 173. The van der Waals surface area contributed by atoms with Gasteiger partial charge < -0.3 is 15.3 Å². The number of aliphatic hydroxyl groups excluding tert-OH is 1. The molecular weight excluding hydrogens is 188 g/mol. The maximum Gasteiger partial charge on any atom is 0.0524 e. The first kappa shape index (κ1) is 12.9. The lowest BCUT2D eigenvalue weighted by molar-refractivity contribution is 0.156. The van der Waals surface area contributed by atoms with Gasteiger partial charge in [0.25, 0.3) is 0 Å². The lowest BCUT2D eigenvalue weighted by atomic mass is 10.0. The van der Waals surface area contributed by atoms with Crippen LogP contribution in [0.3, 0.4) is 0 Å². The third-order valence-corrected chi connectivity index (χ3v) is 3.50. The van der Waals surface area contributed by atoms with E-state index in [1.54, 1.807) is 0 Å². The van der Waals surface area contributed by atoms with Crippen LogP contribution in [0.15, 0.2) is 0 Å². The SMILES string of the molecule is CNC1CCCC1CN(C)CCC(C)O. The van der Waals surface area contributed by atoms with Crippen molar-refractivity contribution in [2.75, 3.05) is 27.2 Å². The molecule has 15 heavy (non-hydrogen) atoms. The fourth-order valence-electron chi connectivity index (χ4n) is 2.53. The molecule has 0 heterocycles. The number of nitrogens with one attached hydrogen (secondary N) is 1. The Morgan fingerprint density at radius 2 is 2.20 bits per heavy atom. The van der Waals surface area contributed by atoms with E-state index in [0.717, 1.165) is 25.4 Å². The fraction of sp³-hybridized carbons (Fsp3) is 1.00. The minimum absolute atomic E-state index is 0.170. The van der Waals surface area contributed by atoms with Crippen molar-refractivity contribution in [3.05, 3.63) is 0 Å². The summed E-state index contributed by atoms with van der Waals surface area (Å²) in [7, 11) is 4.23. The van der Waals surface area contributed by atoms with Crippen LogP contribution in [-0.2, 0) is 0 Å². The van der Waals surface area contributed by atoms with Gasteiger partial charge in [-0.3, -0.25) is 0 Å². The first-order valence-corrected chi connectivity index (χ1v) is 6.17. The maximum atomic E-state index is 9.22. The third kappa shape index (κ3) is 4.49.